The zero-order valence-corrected chi connectivity index (χ0v) is 7.01. The number of carbonyl (C=O) groups is 1. The first-order valence-corrected chi connectivity index (χ1v) is 4.07. The molecule has 0 aromatic heterocycles. The Hall–Kier alpha value is -0.570. The van der Waals surface area contributed by atoms with Crippen molar-refractivity contribution < 1.29 is 14.6 Å². The van der Waals surface area contributed by atoms with Gasteiger partial charge in [0.1, 0.15) is 0 Å². The summed E-state index contributed by atoms with van der Waals surface area (Å²) in [5.74, 6) is -0.134. The normalized spacial score (nSPS) is 8.83. The first-order valence-electron chi connectivity index (χ1n) is 4.07. The Kier molecular flexibility index (Phi) is 12.2. The standard InChI is InChI=1S/C8H16O3.CH4/c1-2-11-8(10)6-4-3-5-7-9;/h9H,2-7H2,1H3;1H4. The van der Waals surface area contributed by atoms with E-state index in [9.17, 15) is 4.79 Å². The van der Waals surface area contributed by atoms with Gasteiger partial charge in [0.15, 0.2) is 0 Å². The lowest BCUT2D eigenvalue weighted by Crippen LogP contribution is -2.03. The maximum absolute atomic E-state index is 10.7. The van der Waals surface area contributed by atoms with Crippen molar-refractivity contribution in [2.45, 2.75) is 40.0 Å². The van der Waals surface area contributed by atoms with Gasteiger partial charge in [-0.15, -0.1) is 0 Å². The van der Waals surface area contributed by atoms with Crippen LogP contribution in [0.15, 0.2) is 0 Å². The van der Waals surface area contributed by atoms with Crippen LogP contribution in [0.2, 0.25) is 0 Å². The molecule has 74 valence electrons. The van der Waals surface area contributed by atoms with Crippen LogP contribution in [0.4, 0.5) is 0 Å². The topological polar surface area (TPSA) is 46.5 Å². The predicted octanol–water partition coefficient (Wildman–Crippen LogP) is 1.74. The van der Waals surface area contributed by atoms with Crippen LogP contribution in [0.1, 0.15) is 40.0 Å². The van der Waals surface area contributed by atoms with Crippen molar-refractivity contribution in [2.75, 3.05) is 13.2 Å². The highest BCUT2D eigenvalue weighted by Crippen LogP contribution is 2.00. The summed E-state index contributed by atoms with van der Waals surface area (Å²) >= 11 is 0. The minimum atomic E-state index is -0.134. The largest absolute Gasteiger partial charge is 0.466 e. The molecule has 0 saturated carbocycles. The SMILES string of the molecule is C.CCOC(=O)CCCCCO. The maximum atomic E-state index is 10.7. The Morgan fingerprint density at radius 1 is 1.33 bits per heavy atom. The number of unbranched alkanes of at least 4 members (excludes halogenated alkanes) is 2. The first kappa shape index (κ1) is 14.0. The zero-order chi connectivity index (χ0) is 8.53. The van der Waals surface area contributed by atoms with Gasteiger partial charge in [0.2, 0.25) is 0 Å². The van der Waals surface area contributed by atoms with Gasteiger partial charge in [-0.05, 0) is 19.8 Å². The molecule has 0 atom stereocenters. The Bertz CT molecular complexity index is 102. The van der Waals surface area contributed by atoms with E-state index < -0.39 is 0 Å². The van der Waals surface area contributed by atoms with Crippen LogP contribution in [0.5, 0.6) is 0 Å². The molecule has 0 amide bonds. The van der Waals surface area contributed by atoms with Gasteiger partial charge < -0.3 is 9.84 Å². The third kappa shape index (κ3) is 9.43. The van der Waals surface area contributed by atoms with Crippen molar-refractivity contribution >= 4 is 5.97 Å². The molecule has 0 aliphatic rings. The summed E-state index contributed by atoms with van der Waals surface area (Å²) in [5.41, 5.74) is 0. The highest BCUT2D eigenvalue weighted by atomic mass is 16.5. The van der Waals surface area contributed by atoms with Crippen molar-refractivity contribution in [3.8, 4) is 0 Å². The average molecular weight is 176 g/mol. The van der Waals surface area contributed by atoms with E-state index >= 15 is 0 Å². The summed E-state index contributed by atoms with van der Waals surface area (Å²) in [7, 11) is 0. The highest BCUT2D eigenvalue weighted by Gasteiger charge is 1.99. The van der Waals surface area contributed by atoms with Crippen molar-refractivity contribution in [1.29, 1.82) is 0 Å². The molecule has 0 fully saturated rings. The van der Waals surface area contributed by atoms with Gasteiger partial charge in [-0.1, -0.05) is 13.8 Å². The molecule has 0 rings (SSSR count). The molecular weight excluding hydrogens is 156 g/mol. The molecule has 0 aromatic carbocycles. The molecule has 0 heterocycles. The zero-order valence-electron chi connectivity index (χ0n) is 7.01. The fourth-order valence-electron chi connectivity index (χ4n) is 0.791. The quantitative estimate of drug-likeness (QED) is 0.495. The summed E-state index contributed by atoms with van der Waals surface area (Å²) in [4.78, 5) is 10.7. The monoisotopic (exact) mass is 176 g/mol. The number of hydrogen-bond acceptors (Lipinski definition) is 3. The van der Waals surface area contributed by atoms with Gasteiger partial charge >= 0.3 is 5.97 Å². The number of carbonyl (C=O) groups excluding carboxylic acids is 1. The van der Waals surface area contributed by atoms with Gasteiger partial charge in [0.05, 0.1) is 6.61 Å². The molecule has 0 unspecified atom stereocenters. The van der Waals surface area contributed by atoms with E-state index in [-0.39, 0.29) is 20.0 Å². The van der Waals surface area contributed by atoms with Crippen LogP contribution >= 0.6 is 0 Å². The Labute approximate surface area is 74.7 Å². The summed E-state index contributed by atoms with van der Waals surface area (Å²) in [6, 6.07) is 0. The lowest BCUT2D eigenvalue weighted by atomic mass is 10.2. The van der Waals surface area contributed by atoms with Gasteiger partial charge in [0, 0.05) is 13.0 Å². The molecule has 0 aromatic rings. The van der Waals surface area contributed by atoms with Crippen LogP contribution < -0.4 is 0 Å². The number of aliphatic hydroxyl groups excluding tert-OH is 1. The molecule has 1 N–H and O–H groups in total. The number of hydrogen-bond donors (Lipinski definition) is 1. The van der Waals surface area contributed by atoms with Gasteiger partial charge in [-0.25, -0.2) is 0 Å². The van der Waals surface area contributed by atoms with E-state index in [4.69, 9.17) is 9.84 Å². The minimum Gasteiger partial charge on any atom is -0.466 e. The highest BCUT2D eigenvalue weighted by molar-refractivity contribution is 5.69. The second-order valence-corrected chi connectivity index (χ2v) is 2.34. The van der Waals surface area contributed by atoms with E-state index in [1.54, 1.807) is 6.92 Å². The molecule has 0 aliphatic heterocycles. The van der Waals surface area contributed by atoms with Gasteiger partial charge in [-0.3, -0.25) is 4.79 Å². The fourth-order valence-corrected chi connectivity index (χ4v) is 0.791. The second-order valence-electron chi connectivity index (χ2n) is 2.34. The summed E-state index contributed by atoms with van der Waals surface area (Å²) < 4.78 is 4.72. The van der Waals surface area contributed by atoms with Gasteiger partial charge in [0.25, 0.3) is 0 Å². The van der Waals surface area contributed by atoms with Crippen LogP contribution in [-0.4, -0.2) is 24.3 Å². The van der Waals surface area contributed by atoms with E-state index in [0.717, 1.165) is 19.3 Å². The second kappa shape index (κ2) is 10.4. The minimum absolute atomic E-state index is 0. The van der Waals surface area contributed by atoms with E-state index in [2.05, 4.69) is 0 Å². The smallest absolute Gasteiger partial charge is 0.305 e. The fraction of sp³-hybridized carbons (Fsp3) is 0.889. The van der Waals surface area contributed by atoms with Crippen molar-refractivity contribution in [3.05, 3.63) is 0 Å². The van der Waals surface area contributed by atoms with Crippen LogP contribution in [0.3, 0.4) is 0 Å². The summed E-state index contributed by atoms with van der Waals surface area (Å²) in [6.07, 6.45) is 2.97. The van der Waals surface area contributed by atoms with Gasteiger partial charge in [-0.2, -0.15) is 0 Å². The van der Waals surface area contributed by atoms with E-state index in [1.807, 2.05) is 0 Å². The van der Waals surface area contributed by atoms with Crippen LogP contribution in [-0.2, 0) is 9.53 Å². The Morgan fingerprint density at radius 2 is 2.00 bits per heavy atom. The first-order chi connectivity index (χ1) is 5.31. The molecule has 12 heavy (non-hydrogen) atoms. The van der Waals surface area contributed by atoms with Crippen molar-refractivity contribution in [3.63, 3.8) is 0 Å². The molecule has 3 nitrogen and oxygen atoms in total. The molecular formula is C9H20O3. The number of esters is 1. The molecule has 0 saturated heterocycles. The van der Waals surface area contributed by atoms with Crippen molar-refractivity contribution in [2.24, 2.45) is 0 Å². The number of ether oxygens (including phenoxy) is 1. The maximum Gasteiger partial charge on any atom is 0.305 e. The lowest BCUT2D eigenvalue weighted by molar-refractivity contribution is -0.143. The molecule has 3 heteroatoms. The summed E-state index contributed by atoms with van der Waals surface area (Å²) in [6.45, 7) is 2.47. The Morgan fingerprint density at radius 3 is 2.50 bits per heavy atom. The van der Waals surface area contributed by atoms with E-state index in [0.29, 0.717) is 13.0 Å². The van der Waals surface area contributed by atoms with Crippen LogP contribution in [0, 0.1) is 0 Å². The lowest BCUT2D eigenvalue weighted by Gasteiger charge is -1.99. The number of rotatable bonds is 6. The number of aliphatic hydroxyl groups is 1. The summed E-state index contributed by atoms with van der Waals surface area (Å²) in [5, 5.41) is 8.42. The molecule has 0 bridgehead atoms. The predicted molar refractivity (Wildman–Crippen MR) is 48.9 cm³/mol. The average Bonchev–Trinajstić information content (AvgIpc) is 1.99. The Balaban J connectivity index is 0. The molecule has 0 spiro atoms. The third-order valence-corrected chi connectivity index (χ3v) is 1.34. The third-order valence-electron chi connectivity index (χ3n) is 1.34. The van der Waals surface area contributed by atoms with Crippen molar-refractivity contribution in [1.82, 2.24) is 0 Å². The van der Waals surface area contributed by atoms with E-state index in [1.165, 1.54) is 0 Å². The van der Waals surface area contributed by atoms with Crippen LogP contribution in [0.25, 0.3) is 0 Å². The molecule has 0 aliphatic carbocycles. The molecule has 0 radical (unpaired) electrons.